The Morgan fingerprint density at radius 3 is 2.80 bits per heavy atom. The van der Waals surface area contributed by atoms with Crippen LogP contribution in [0.3, 0.4) is 0 Å². The van der Waals surface area contributed by atoms with Gasteiger partial charge in [0.15, 0.2) is 0 Å². The van der Waals surface area contributed by atoms with E-state index in [9.17, 15) is 9.59 Å². The quantitative estimate of drug-likeness (QED) is 0.833. The monoisotopic (exact) mass is 292 g/mol. The number of hydrogen-bond acceptors (Lipinski definition) is 4. The Morgan fingerprint density at radius 1 is 1.35 bits per heavy atom. The summed E-state index contributed by atoms with van der Waals surface area (Å²) < 4.78 is 6.69. The molecule has 5 nitrogen and oxygen atoms in total. The Kier molecular flexibility index (Phi) is 4.95. The Labute approximate surface area is 121 Å². The lowest BCUT2D eigenvalue weighted by Gasteiger charge is -2.06. The highest BCUT2D eigenvalue weighted by Gasteiger charge is 2.14. The van der Waals surface area contributed by atoms with Gasteiger partial charge in [-0.1, -0.05) is 0 Å². The molecule has 106 valence electrons. The first-order chi connectivity index (χ1) is 9.70. The number of carbonyl (C=O) groups is 2. The smallest absolute Gasteiger partial charge is 0.340 e. The molecule has 0 aliphatic carbocycles. The van der Waals surface area contributed by atoms with Crippen LogP contribution in [0.2, 0.25) is 0 Å². The zero-order valence-corrected chi connectivity index (χ0v) is 12.0. The number of aromatic nitrogens is 1. The minimum Gasteiger partial charge on any atom is -0.465 e. The summed E-state index contributed by atoms with van der Waals surface area (Å²) in [6.07, 6.45) is 5.09. The van der Waals surface area contributed by atoms with E-state index in [2.05, 4.69) is 10.1 Å². The number of aryl methyl sites for hydroxylation is 1. The Morgan fingerprint density at radius 2 is 2.10 bits per heavy atom. The summed E-state index contributed by atoms with van der Waals surface area (Å²) in [7, 11) is 1.32. The fourth-order valence-corrected chi connectivity index (χ4v) is 2.60. The van der Waals surface area contributed by atoms with Crippen LogP contribution in [0, 0.1) is 0 Å². The van der Waals surface area contributed by atoms with Crippen molar-refractivity contribution in [1.29, 1.82) is 0 Å². The third-order valence-electron chi connectivity index (χ3n) is 2.81. The predicted molar refractivity (Wildman–Crippen MR) is 78.0 cm³/mol. The maximum Gasteiger partial charge on any atom is 0.340 e. The molecule has 6 heteroatoms. The standard InChI is InChI=1S/C14H16N2O3S/c1-19-14(18)11-6-10-20-13(11)15-12(17)5-4-9-16-7-2-3-8-16/h2-3,6-8,10H,4-5,9H2,1H3,(H,15,17). The molecule has 0 aromatic carbocycles. The number of thiophene rings is 1. The van der Waals surface area contributed by atoms with Gasteiger partial charge in [0.25, 0.3) is 0 Å². The molecule has 1 amide bonds. The third kappa shape index (κ3) is 3.71. The van der Waals surface area contributed by atoms with E-state index in [4.69, 9.17) is 0 Å². The van der Waals surface area contributed by atoms with E-state index >= 15 is 0 Å². The van der Waals surface area contributed by atoms with Crippen molar-refractivity contribution < 1.29 is 14.3 Å². The molecule has 0 bridgehead atoms. The molecular weight excluding hydrogens is 276 g/mol. The van der Waals surface area contributed by atoms with Gasteiger partial charge in [0.1, 0.15) is 5.00 Å². The fraction of sp³-hybridized carbons (Fsp3) is 0.286. The van der Waals surface area contributed by atoms with Gasteiger partial charge in [0.05, 0.1) is 12.7 Å². The van der Waals surface area contributed by atoms with Crippen molar-refractivity contribution in [3.63, 3.8) is 0 Å². The average molecular weight is 292 g/mol. The van der Waals surface area contributed by atoms with E-state index in [-0.39, 0.29) is 5.91 Å². The average Bonchev–Trinajstić information content (AvgIpc) is 3.09. The summed E-state index contributed by atoms with van der Waals surface area (Å²) >= 11 is 1.31. The fourth-order valence-electron chi connectivity index (χ4n) is 1.81. The van der Waals surface area contributed by atoms with Gasteiger partial charge >= 0.3 is 5.97 Å². The van der Waals surface area contributed by atoms with Gasteiger partial charge in [0.2, 0.25) is 5.91 Å². The number of methoxy groups -OCH3 is 1. The van der Waals surface area contributed by atoms with Crippen molar-refractivity contribution in [3.05, 3.63) is 41.5 Å². The summed E-state index contributed by atoms with van der Waals surface area (Å²) in [5.41, 5.74) is 0.399. The number of carbonyl (C=O) groups excluding carboxylic acids is 2. The molecule has 0 spiro atoms. The van der Waals surface area contributed by atoms with E-state index in [1.165, 1.54) is 18.4 Å². The number of nitrogens with zero attached hydrogens (tertiary/aromatic N) is 1. The van der Waals surface area contributed by atoms with E-state index in [1.54, 1.807) is 11.4 Å². The summed E-state index contributed by atoms with van der Waals surface area (Å²) in [6.45, 7) is 0.800. The van der Waals surface area contributed by atoms with Crippen LogP contribution >= 0.6 is 11.3 Å². The van der Waals surface area contributed by atoms with Gasteiger partial charge in [-0.2, -0.15) is 0 Å². The van der Waals surface area contributed by atoms with Crippen molar-refractivity contribution >= 4 is 28.2 Å². The molecule has 0 saturated heterocycles. The molecule has 2 rings (SSSR count). The molecule has 0 aliphatic rings. The molecule has 0 saturated carbocycles. The van der Waals surface area contributed by atoms with Crippen molar-refractivity contribution in [3.8, 4) is 0 Å². The van der Waals surface area contributed by atoms with Gasteiger partial charge in [-0.3, -0.25) is 4.79 Å². The first kappa shape index (κ1) is 14.3. The Hall–Kier alpha value is -2.08. The summed E-state index contributed by atoms with van der Waals surface area (Å²) in [6, 6.07) is 5.55. The lowest BCUT2D eigenvalue weighted by atomic mass is 10.2. The molecule has 2 heterocycles. The number of hydrogen-bond donors (Lipinski definition) is 1. The van der Waals surface area contributed by atoms with Crippen molar-refractivity contribution in [2.75, 3.05) is 12.4 Å². The number of ether oxygens (including phenoxy) is 1. The summed E-state index contributed by atoms with van der Waals surface area (Å²) in [4.78, 5) is 23.3. The van der Waals surface area contributed by atoms with Gasteiger partial charge in [0, 0.05) is 25.4 Å². The van der Waals surface area contributed by atoms with Crippen LogP contribution in [-0.2, 0) is 16.1 Å². The second kappa shape index (κ2) is 6.91. The summed E-state index contributed by atoms with van der Waals surface area (Å²) in [5, 5.41) is 5.05. The first-order valence-electron chi connectivity index (χ1n) is 6.27. The van der Waals surface area contributed by atoms with Crippen molar-refractivity contribution in [2.24, 2.45) is 0 Å². The number of amides is 1. The molecule has 20 heavy (non-hydrogen) atoms. The highest BCUT2D eigenvalue weighted by Crippen LogP contribution is 2.24. The number of rotatable bonds is 6. The predicted octanol–water partition coefficient (Wildman–Crippen LogP) is 2.76. The normalized spacial score (nSPS) is 10.2. The number of esters is 1. The van der Waals surface area contributed by atoms with E-state index in [1.807, 2.05) is 29.1 Å². The van der Waals surface area contributed by atoms with Crippen molar-refractivity contribution in [1.82, 2.24) is 4.57 Å². The van der Waals surface area contributed by atoms with Crippen LogP contribution in [0.5, 0.6) is 0 Å². The van der Waals surface area contributed by atoms with Crippen LogP contribution in [0.4, 0.5) is 5.00 Å². The van der Waals surface area contributed by atoms with Gasteiger partial charge < -0.3 is 14.6 Å². The highest BCUT2D eigenvalue weighted by molar-refractivity contribution is 7.14. The molecule has 1 N–H and O–H groups in total. The topological polar surface area (TPSA) is 60.3 Å². The Balaban J connectivity index is 1.82. The largest absolute Gasteiger partial charge is 0.465 e. The zero-order chi connectivity index (χ0) is 14.4. The molecule has 2 aromatic heterocycles. The minimum atomic E-state index is -0.436. The zero-order valence-electron chi connectivity index (χ0n) is 11.2. The lowest BCUT2D eigenvalue weighted by molar-refractivity contribution is -0.116. The molecule has 0 unspecified atom stereocenters. The van der Waals surface area contributed by atoms with Crippen molar-refractivity contribution in [2.45, 2.75) is 19.4 Å². The second-order valence-corrected chi connectivity index (χ2v) is 5.14. The van der Waals surface area contributed by atoms with Gasteiger partial charge in [-0.25, -0.2) is 4.79 Å². The summed E-state index contributed by atoms with van der Waals surface area (Å²) in [5.74, 6) is -0.529. The van der Waals surface area contributed by atoms with Crippen LogP contribution in [0.1, 0.15) is 23.2 Å². The minimum absolute atomic E-state index is 0.0928. The number of anilines is 1. The van der Waals surface area contributed by atoms with Gasteiger partial charge in [-0.15, -0.1) is 11.3 Å². The molecule has 0 atom stereocenters. The molecule has 2 aromatic rings. The second-order valence-electron chi connectivity index (χ2n) is 4.23. The molecule has 0 aliphatic heterocycles. The maximum absolute atomic E-state index is 11.8. The lowest BCUT2D eigenvalue weighted by Crippen LogP contribution is -2.14. The SMILES string of the molecule is COC(=O)c1ccsc1NC(=O)CCCn1cccc1. The molecule has 0 fully saturated rings. The van der Waals surface area contributed by atoms with Crippen LogP contribution in [-0.4, -0.2) is 23.6 Å². The number of nitrogens with one attached hydrogen (secondary N) is 1. The first-order valence-corrected chi connectivity index (χ1v) is 7.15. The van der Waals surface area contributed by atoms with Crippen LogP contribution in [0.15, 0.2) is 36.0 Å². The van der Waals surface area contributed by atoms with Gasteiger partial charge in [-0.05, 0) is 30.0 Å². The van der Waals surface area contributed by atoms with E-state index < -0.39 is 5.97 Å². The third-order valence-corrected chi connectivity index (χ3v) is 3.64. The molecular formula is C14H16N2O3S. The van der Waals surface area contributed by atoms with Crippen LogP contribution in [0.25, 0.3) is 0 Å². The highest BCUT2D eigenvalue weighted by atomic mass is 32.1. The maximum atomic E-state index is 11.8. The van der Waals surface area contributed by atoms with E-state index in [0.717, 1.165) is 13.0 Å². The molecule has 0 radical (unpaired) electrons. The van der Waals surface area contributed by atoms with E-state index in [0.29, 0.717) is 17.0 Å². The van der Waals surface area contributed by atoms with Crippen LogP contribution < -0.4 is 5.32 Å². The Bertz CT molecular complexity index is 575.